The third-order valence-corrected chi connectivity index (χ3v) is 3.84. The Morgan fingerprint density at radius 3 is 2.53 bits per heavy atom. The molecule has 3 nitrogen and oxygen atoms in total. The molecule has 0 radical (unpaired) electrons. The van der Waals surface area contributed by atoms with Gasteiger partial charge in [0.05, 0.1) is 0 Å². The van der Waals surface area contributed by atoms with E-state index in [1.807, 2.05) is 24.3 Å². The maximum atomic E-state index is 10.9. The van der Waals surface area contributed by atoms with Crippen LogP contribution in [0.2, 0.25) is 0 Å². The van der Waals surface area contributed by atoms with Crippen LogP contribution in [0.3, 0.4) is 0 Å². The molecule has 1 aliphatic heterocycles. The van der Waals surface area contributed by atoms with Crippen LogP contribution in [-0.4, -0.2) is 23.7 Å². The topological polar surface area (TPSA) is 49.3 Å². The summed E-state index contributed by atoms with van der Waals surface area (Å²) in [5, 5.41) is 12.0. The van der Waals surface area contributed by atoms with E-state index in [2.05, 4.69) is 17.4 Å². The van der Waals surface area contributed by atoms with Crippen molar-refractivity contribution < 1.29 is 9.90 Å². The lowest BCUT2D eigenvalue weighted by atomic mass is 9.88. The Bertz CT molecular complexity index is 474. The fourth-order valence-corrected chi connectivity index (χ4v) is 2.70. The maximum absolute atomic E-state index is 10.9. The fraction of sp³-hybridized carbons (Fsp3) is 0.357. The monoisotopic (exact) mass is 229 g/mol. The van der Waals surface area contributed by atoms with E-state index in [1.54, 1.807) is 0 Å². The van der Waals surface area contributed by atoms with Crippen molar-refractivity contribution >= 4 is 5.97 Å². The summed E-state index contributed by atoms with van der Waals surface area (Å²) in [5.41, 5.74) is 2.69. The second-order valence-corrected chi connectivity index (χ2v) is 4.84. The van der Waals surface area contributed by atoms with Gasteiger partial charge in [0.15, 0.2) is 0 Å². The molecule has 1 aliphatic carbocycles. The highest BCUT2D eigenvalue weighted by atomic mass is 16.4. The van der Waals surface area contributed by atoms with Crippen molar-refractivity contribution in [3.05, 3.63) is 47.5 Å². The largest absolute Gasteiger partial charge is 0.480 e. The smallest absolute Gasteiger partial charge is 0.324 e. The van der Waals surface area contributed by atoms with Gasteiger partial charge in [-0.25, -0.2) is 0 Å². The Morgan fingerprint density at radius 2 is 2.00 bits per heavy atom. The molecule has 17 heavy (non-hydrogen) atoms. The molecular formula is C14H15NO2. The van der Waals surface area contributed by atoms with Crippen molar-refractivity contribution in [1.82, 2.24) is 5.32 Å². The molecule has 1 atom stereocenters. The fourth-order valence-electron chi connectivity index (χ4n) is 2.70. The normalized spacial score (nSPS) is 25.4. The number of benzene rings is 1. The molecule has 3 rings (SSSR count). The molecule has 0 saturated heterocycles. The molecule has 1 aromatic carbocycles. The Balaban J connectivity index is 1.91. The minimum absolute atomic E-state index is 0.123. The van der Waals surface area contributed by atoms with Gasteiger partial charge in [-0.15, -0.1) is 0 Å². The predicted molar refractivity (Wildman–Crippen MR) is 64.9 cm³/mol. The molecule has 1 saturated carbocycles. The lowest BCUT2D eigenvalue weighted by Crippen LogP contribution is -2.30. The van der Waals surface area contributed by atoms with Gasteiger partial charge in [0.1, 0.15) is 6.04 Å². The Kier molecular flexibility index (Phi) is 2.30. The number of carboxylic acids is 1. The number of carbonyl (C=O) groups is 1. The van der Waals surface area contributed by atoms with Crippen molar-refractivity contribution in [1.29, 1.82) is 0 Å². The highest BCUT2D eigenvalue weighted by molar-refractivity contribution is 5.77. The van der Waals surface area contributed by atoms with Crippen molar-refractivity contribution in [2.24, 2.45) is 0 Å². The first kappa shape index (κ1) is 10.5. The van der Waals surface area contributed by atoms with Crippen molar-refractivity contribution in [2.75, 3.05) is 6.54 Å². The van der Waals surface area contributed by atoms with Gasteiger partial charge in [0.25, 0.3) is 0 Å². The van der Waals surface area contributed by atoms with E-state index in [1.165, 1.54) is 11.1 Å². The van der Waals surface area contributed by atoms with Gasteiger partial charge >= 0.3 is 5.97 Å². The number of aliphatic carboxylic acids is 1. The number of carboxylic acid groups (broad SMARTS) is 1. The van der Waals surface area contributed by atoms with Gasteiger partial charge in [-0.05, 0) is 24.0 Å². The van der Waals surface area contributed by atoms with Crippen molar-refractivity contribution in [2.45, 2.75) is 24.3 Å². The van der Waals surface area contributed by atoms with Crippen molar-refractivity contribution in [3.8, 4) is 0 Å². The first-order valence-electron chi connectivity index (χ1n) is 5.95. The van der Waals surface area contributed by atoms with E-state index in [9.17, 15) is 4.79 Å². The molecule has 0 amide bonds. The first-order valence-corrected chi connectivity index (χ1v) is 5.95. The molecule has 1 heterocycles. The molecule has 0 spiro atoms. The molecule has 2 aliphatic rings. The van der Waals surface area contributed by atoms with Crippen molar-refractivity contribution in [3.63, 3.8) is 0 Å². The van der Waals surface area contributed by atoms with E-state index in [0.29, 0.717) is 6.54 Å². The van der Waals surface area contributed by atoms with Crippen LogP contribution in [0.1, 0.15) is 18.4 Å². The summed E-state index contributed by atoms with van der Waals surface area (Å²) in [6.07, 6.45) is 4.16. The maximum Gasteiger partial charge on any atom is 0.324 e. The Hall–Kier alpha value is -1.61. The van der Waals surface area contributed by atoms with E-state index in [-0.39, 0.29) is 5.41 Å². The molecule has 0 bridgehead atoms. The molecule has 2 N–H and O–H groups in total. The quantitative estimate of drug-likeness (QED) is 0.776. The van der Waals surface area contributed by atoms with Gasteiger partial charge in [-0.2, -0.15) is 0 Å². The minimum atomic E-state index is -0.788. The summed E-state index contributed by atoms with van der Waals surface area (Å²) in [4.78, 5) is 10.9. The molecule has 88 valence electrons. The first-order chi connectivity index (χ1) is 8.22. The summed E-state index contributed by atoms with van der Waals surface area (Å²) in [7, 11) is 0. The average molecular weight is 229 g/mol. The van der Waals surface area contributed by atoms with E-state index in [0.717, 1.165) is 12.8 Å². The summed E-state index contributed by atoms with van der Waals surface area (Å²) < 4.78 is 0. The highest BCUT2D eigenvalue weighted by Gasteiger charge is 2.48. The molecule has 0 aromatic heterocycles. The van der Waals surface area contributed by atoms with Crippen LogP contribution < -0.4 is 5.32 Å². The average Bonchev–Trinajstić information content (AvgIpc) is 3.00. The molecular weight excluding hydrogens is 214 g/mol. The van der Waals surface area contributed by atoms with Gasteiger partial charge in [-0.1, -0.05) is 36.4 Å². The summed E-state index contributed by atoms with van der Waals surface area (Å²) in [6.45, 7) is 0.700. The van der Waals surface area contributed by atoms with E-state index < -0.39 is 12.0 Å². The van der Waals surface area contributed by atoms with Gasteiger partial charge in [-0.3, -0.25) is 10.1 Å². The predicted octanol–water partition coefficient (Wildman–Crippen LogP) is 1.70. The van der Waals surface area contributed by atoms with Crippen LogP contribution in [0.5, 0.6) is 0 Å². The Morgan fingerprint density at radius 1 is 1.29 bits per heavy atom. The molecule has 1 aromatic rings. The third kappa shape index (κ3) is 1.67. The minimum Gasteiger partial charge on any atom is -0.480 e. The standard InChI is InChI=1S/C14H15NO2/c16-13(17)12-8-11(9-15-12)14(6-7-14)10-4-2-1-3-5-10/h1-5,8,12,15H,6-7,9H2,(H,16,17)/t12-/m1/s1. The lowest BCUT2D eigenvalue weighted by molar-refractivity contribution is -0.137. The highest BCUT2D eigenvalue weighted by Crippen LogP contribution is 2.54. The zero-order chi connectivity index (χ0) is 11.9. The van der Waals surface area contributed by atoms with Crippen LogP contribution in [0, 0.1) is 0 Å². The number of rotatable bonds is 3. The zero-order valence-electron chi connectivity index (χ0n) is 9.52. The molecule has 3 heteroatoms. The summed E-state index contributed by atoms with van der Waals surface area (Å²) >= 11 is 0. The van der Waals surface area contributed by atoms with Gasteiger partial charge in [0.2, 0.25) is 0 Å². The summed E-state index contributed by atoms with van der Waals surface area (Å²) in [5.74, 6) is -0.788. The second kappa shape index (κ2) is 3.70. The molecule has 1 fully saturated rings. The summed E-state index contributed by atoms with van der Waals surface area (Å²) in [6, 6.07) is 9.89. The zero-order valence-corrected chi connectivity index (χ0v) is 9.52. The number of hydrogen-bond acceptors (Lipinski definition) is 2. The second-order valence-electron chi connectivity index (χ2n) is 4.84. The Labute approximate surface area is 100 Å². The number of hydrogen-bond donors (Lipinski definition) is 2. The number of nitrogens with one attached hydrogen (secondary N) is 1. The van der Waals surface area contributed by atoms with Crippen LogP contribution >= 0.6 is 0 Å². The van der Waals surface area contributed by atoms with Crippen LogP contribution in [0.4, 0.5) is 0 Å². The lowest BCUT2D eigenvalue weighted by Gasteiger charge is -2.16. The van der Waals surface area contributed by atoms with Gasteiger partial charge < -0.3 is 5.11 Å². The van der Waals surface area contributed by atoms with Crippen LogP contribution in [0.15, 0.2) is 42.0 Å². The SMILES string of the molecule is O=C(O)[C@H]1C=C(C2(c3ccccc3)CC2)CN1. The van der Waals surface area contributed by atoms with Crippen LogP contribution in [0.25, 0.3) is 0 Å². The van der Waals surface area contributed by atoms with E-state index >= 15 is 0 Å². The van der Waals surface area contributed by atoms with Gasteiger partial charge in [0, 0.05) is 12.0 Å². The third-order valence-electron chi connectivity index (χ3n) is 3.84. The van der Waals surface area contributed by atoms with Crippen LogP contribution in [-0.2, 0) is 10.2 Å². The molecule has 0 unspecified atom stereocenters. The van der Waals surface area contributed by atoms with E-state index in [4.69, 9.17) is 5.11 Å².